The maximum atomic E-state index is 12.9. The maximum Gasteiger partial charge on any atom is 0.253 e. The van der Waals surface area contributed by atoms with Crippen molar-refractivity contribution in [3.8, 4) is 0 Å². The second-order valence-electron chi connectivity index (χ2n) is 8.13. The Morgan fingerprint density at radius 1 is 1.32 bits per heavy atom. The van der Waals surface area contributed by atoms with Crippen LogP contribution in [0.1, 0.15) is 36.2 Å². The Hall–Kier alpha value is -2.28. The zero-order chi connectivity index (χ0) is 17.7. The Morgan fingerprint density at radius 2 is 2.08 bits per heavy atom. The molecule has 1 saturated carbocycles. The van der Waals surface area contributed by atoms with Crippen molar-refractivity contribution in [2.24, 2.45) is 16.7 Å². The molecule has 1 aliphatic carbocycles. The van der Waals surface area contributed by atoms with Crippen LogP contribution in [0.2, 0.25) is 0 Å². The fraction of sp³-hybridized carbons (Fsp3) is 0.556. The third-order valence-electron chi connectivity index (χ3n) is 5.94. The van der Waals surface area contributed by atoms with Crippen molar-refractivity contribution in [1.29, 1.82) is 0 Å². The normalized spacial score (nSPS) is 27.0. The molecule has 2 aromatic rings. The van der Waals surface area contributed by atoms with E-state index >= 15 is 0 Å². The average Bonchev–Trinajstić information content (AvgIpc) is 3.21. The number of benzene rings is 1. The highest BCUT2D eigenvalue weighted by molar-refractivity contribution is 5.94. The van der Waals surface area contributed by atoms with E-state index in [4.69, 9.17) is 0 Å². The van der Waals surface area contributed by atoms with Crippen LogP contribution in [0.4, 0.5) is 0 Å². The molecule has 2 atom stereocenters. The summed E-state index contributed by atoms with van der Waals surface area (Å²) in [6.07, 6.45) is 2.55. The SMILES string of the molecule is CC1(C)C[C@]2(CO)CN(C(=O)c3ccc(Cn4cnnn4)cc3)C[C@H]12. The number of tetrazole rings is 1. The van der Waals surface area contributed by atoms with Crippen LogP contribution >= 0.6 is 0 Å². The number of aliphatic hydroxyl groups is 1. The molecule has 2 heterocycles. The Morgan fingerprint density at radius 3 is 2.64 bits per heavy atom. The number of hydrogen-bond acceptors (Lipinski definition) is 5. The maximum absolute atomic E-state index is 12.9. The first-order valence-electron chi connectivity index (χ1n) is 8.63. The smallest absolute Gasteiger partial charge is 0.253 e. The van der Waals surface area contributed by atoms with E-state index in [2.05, 4.69) is 29.4 Å². The van der Waals surface area contributed by atoms with E-state index in [-0.39, 0.29) is 23.3 Å². The van der Waals surface area contributed by atoms with Crippen LogP contribution in [-0.2, 0) is 6.54 Å². The number of hydrogen-bond donors (Lipinski definition) is 1. The van der Waals surface area contributed by atoms with Gasteiger partial charge >= 0.3 is 0 Å². The fourth-order valence-corrected chi connectivity index (χ4v) is 4.87. The van der Waals surface area contributed by atoms with Crippen LogP contribution in [0.25, 0.3) is 0 Å². The highest BCUT2D eigenvalue weighted by Gasteiger charge is 2.63. The van der Waals surface area contributed by atoms with E-state index in [1.807, 2.05) is 29.2 Å². The largest absolute Gasteiger partial charge is 0.396 e. The first-order chi connectivity index (χ1) is 11.9. The molecular formula is C18H23N5O2. The van der Waals surface area contributed by atoms with Gasteiger partial charge in [0.1, 0.15) is 6.33 Å². The van der Waals surface area contributed by atoms with Crippen molar-refractivity contribution in [2.45, 2.75) is 26.8 Å². The van der Waals surface area contributed by atoms with Crippen molar-refractivity contribution in [2.75, 3.05) is 19.7 Å². The van der Waals surface area contributed by atoms with Crippen LogP contribution in [0.3, 0.4) is 0 Å². The molecule has 7 heteroatoms. The summed E-state index contributed by atoms with van der Waals surface area (Å²) in [5.41, 5.74) is 1.83. The fourth-order valence-electron chi connectivity index (χ4n) is 4.87. The first-order valence-corrected chi connectivity index (χ1v) is 8.63. The van der Waals surface area contributed by atoms with Gasteiger partial charge in [-0.3, -0.25) is 4.79 Å². The van der Waals surface area contributed by atoms with E-state index < -0.39 is 0 Å². The van der Waals surface area contributed by atoms with Gasteiger partial charge in [0.25, 0.3) is 5.91 Å². The molecule has 132 valence electrons. The number of carbonyl (C=O) groups is 1. The van der Waals surface area contributed by atoms with Crippen LogP contribution in [0.15, 0.2) is 30.6 Å². The molecule has 1 aromatic heterocycles. The van der Waals surface area contributed by atoms with Crippen LogP contribution in [0, 0.1) is 16.7 Å². The molecule has 0 bridgehead atoms. The number of aromatic nitrogens is 4. The van der Waals surface area contributed by atoms with Crippen molar-refractivity contribution >= 4 is 5.91 Å². The average molecular weight is 341 g/mol. The quantitative estimate of drug-likeness (QED) is 0.903. The van der Waals surface area contributed by atoms with E-state index in [1.54, 1.807) is 11.0 Å². The van der Waals surface area contributed by atoms with E-state index in [0.29, 0.717) is 24.6 Å². The summed E-state index contributed by atoms with van der Waals surface area (Å²) in [7, 11) is 0. The molecule has 1 amide bonds. The van der Waals surface area contributed by atoms with E-state index in [1.165, 1.54) is 0 Å². The van der Waals surface area contributed by atoms with Gasteiger partial charge in [0.05, 0.1) is 13.2 Å². The Kier molecular flexibility index (Phi) is 3.64. The minimum absolute atomic E-state index is 0.0481. The number of carbonyl (C=O) groups excluding carboxylic acids is 1. The Labute approximate surface area is 146 Å². The van der Waals surface area contributed by atoms with Crippen LogP contribution in [-0.4, -0.2) is 55.8 Å². The monoisotopic (exact) mass is 341 g/mol. The summed E-state index contributed by atoms with van der Waals surface area (Å²) in [4.78, 5) is 14.8. The predicted molar refractivity (Wildman–Crippen MR) is 90.7 cm³/mol. The van der Waals surface area contributed by atoms with Crippen molar-refractivity contribution in [3.05, 3.63) is 41.7 Å². The van der Waals surface area contributed by atoms with Crippen molar-refractivity contribution in [1.82, 2.24) is 25.1 Å². The standard InChI is InChI=1S/C18H23N5O2/c1-17(2)9-18(11-24)10-22(8-15(17)18)16(25)14-5-3-13(4-6-14)7-23-12-19-20-21-23/h3-6,12,15,24H,7-11H2,1-2H3/t15-,18-/m1/s1. The van der Waals surface area contributed by atoms with Crippen LogP contribution in [0.5, 0.6) is 0 Å². The van der Waals surface area contributed by atoms with Gasteiger partial charge in [-0.15, -0.1) is 5.10 Å². The number of amides is 1. The molecule has 0 unspecified atom stereocenters. The molecule has 0 radical (unpaired) electrons. The molecule has 25 heavy (non-hydrogen) atoms. The van der Waals surface area contributed by atoms with E-state index in [9.17, 15) is 9.90 Å². The number of rotatable bonds is 4. The lowest BCUT2D eigenvalue weighted by Gasteiger charge is -2.55. The number of fused-ring (bicyclic) bond motifs is 1. The van der Waals surface area contributed by atoms with Gasteiger partial charge in [0, 0.05) is 24.1 Å². The Balaban J connectivity index is 1.46. The zero-order valence-electron chi connectivity index (χ0n) is 14.6. The molecule has 7 nitrogen and oxygen atoms in total. The van der Waals surface area contributed by atoms with Gasteiger partial charge in [0.2, 0.25) is 0 Å². The highest BCUT2D eigenvalue weighted by Crippen LogP contribution is 2.62. The minimum atomic E-state index is -0.0980. The lowest BCUT2D eigenvalue weighted by molar-refractivity contribution is -0.0976. The van der Waals surface area contributed by atoms with Gasteiger partial charge in [-0.25, -0.2) is 4.68 Å². The summed E-state index contributed by atoms with van der Waals surface area (Å²) in [6.45, 7) is 6.59. The summed E-state index contributed by atoms with van der Waals surface area (Å²) < 4.78 is 1.64. The zero-order valence-corrected chi connectivity index (χ0v) is 14.6. The molecule has 0 spiro atoms. The molecule has 1 saturated heterocycles. The molecule has 4 rings (SSSR count). The highest BCUT2D eigenvalue weighted by atomic mass is 16.3. The minimum Gasteiger partial charge on any atom is -0.396 e. The van der Waals surface area contributed by atoms with Crippen LogP contribution < -0.4 is 0 Å². The summed E-state index contributed by atoms with van der Waals surface area (Å²) >= 11 is 0. The first kappa shape index (κ1) is 16.2. The van der Waals surface area contributed by atoms with Crippen molar-refractivity contribution in [3.63, 3.8) is 0 Å². The third kappa shape index (κ3) is 2.63. The van der Waals surface area contributed by atoms with Gasteiger partial charge in [-0.2, -0.15) is 0 Å². The molecular weight excluding hydrogens is 318 g/mol. The lowest BCUT2D eigenvalue weighted by atomic mass is 9.48. The lowest BCUT2D eigenvalue weighted by Crippen LogP contribution is -2.54. The van der Waals surface area contributed by atoms with E-state index in [0.717, 1.165) is 18.5 Å². The second-order valence-corrected chi connectivity index (χ2v) is 8.13. The predicted octanol–water partition coefficient (Wildman–Crippen LogP) is 1.20. The molecule has 1 N–H and O–H groups in total. The number of nitrogens with zero attached hydrogens (tertiary/aromatic N) is 5. The summed E-state index contributed by atoms with van der Waals surface area (Å²) in [5, 5.41) is 20.9. The number of likely N-dealkylation sites (tertiary alicyclic amines) is 1. The molecule has 2 aliphatic rings. The molecule has 2 fully saturated rings. The second kappa shape index (κ2) is 5.62. The topological polar surface area (TPSA) is 84.1 Å². The van der Waals surface area contributed by atoms with Gasteiger partial charge in [-0.05, 0) is 45.9 Å². The van der Waals surface area contributed by atoms with Crippen molar-refractivity contribution < 1.29 is 9.90 Å². The molecule has 1 aliphatic heterocycles. The van der Waals surface area contributed by atoms with Gasteiger partial charge < -0.3 is 10.0 Å². The Bertz CT molecular complexity index is 771. The van der Waals surface area contributed by atoms with Gasteiger partial charge in [0.15, 0.2) is 0 Å². The third-order valence-corrected chi connectivity index (χ3v) is 5.94. The summed E-state index contributed by atoms with van der Waals surface area (Å²) in [6, 6.07) is 7.59. The van der Waals surface area contributed by atoms with Gasteiger partial charge in [-0.1, -0.05) is 26.0 Å². The number of aliphatic hydroxyl groups excluding tert-OH is 1. The summed E-state index contributed by atoms with van der Waals surface area (Å²) in [5.74, 6) is 0.431. The molecule has 1 aromatic carbocycles.